The number of H-pyrrole nitrogens is 1. The van der Waals surface area contributed by atoms with E-state index in [2.05, 4.69) is 30.2 Å². The average Bonchev–Trinajstić information content (AvgIpc) is 3.83. The van der Waals surface area contributed by atoms with Gasteiger partial charge in [-0.2, -0.15) is 15.1 Å². The molecule has 23 heteroatoms. The third-order valence-electron chi connectivity index (χ3n) is 10.1. The van der Waals surface area contributed by atoms with Crippen molar-refractivity contribution in [1.82, 2.24) is 29.5 Å². The van der Waals surface area contributed by atoms with Gasteiger partial charge in [0.2, 0.25) is 17.7 Å². The number of anilines is 1. The quantitative estimate of drug-likeness (QED) is 0.0843. The summed E-state index contributed by atoms with van der Waals surface area (Å²) in [4.78, 5) is 54.9. The molecule has 1 amide bonds. The molecule has 1 aliphatic carbocycles. The first-order chi connectivity index (χ1) is 26.4. The number of nitriles is 1. The molecule has 0 bridgehead atoms. The van der Waals surface area contributed by atoms with E-state index in [1.807, 2.05) is 39.9 Å². The molecule has 0 spiro atoms. The van der Waals surface area contributed by atoms with Crippen LogP contribution in [0.15, 0.2) is 29.7 Å². The molecule has 0 radical (unpaired) electrons. The number of nitrogens with zero attached hydrogens (tertiary/aromatic N) is 6. The van der Waals surface area contributed by atoms with Crippen molar-refractivity contribution in [2.24, 2.45) is 11.8 Å². The number of aliphatic hydroxyl groups excluding tert-OH is 1. The first kappa shape index (κ1) is 43.6. The number of hydrogen-bond acceptors (Lipinski definition) is 16. The number of carbonyl (C=O) groups excluding carboxylic acids is 1. The minimum absolute atomic E-state index is 0.0347. The molecule has 306 valence electrons. The number of fused-ring (bicyclic) bond motifs is 1. The number of aromatic amines is 1. The molecule has 3 unspecified atom stereocenters. The number of carbonyl (C=O) groups is 1. The fourth-order valence-corrected chi connectivity index (χ4v) is 9.75. The van der Waals surface area contributed by atoms with Crippen molar-refractivity contribution in [2.75, 3.05) is 25.1 Å². The second kappa shape index (κ2) is 17.9. The number of aromatic nitrogens is 6. The molecule has 3 aromatic heterocycles. The van der Waals surface area contributed by atoms with Gasteiger partial charge in [-0.15, -0.1) is 0 Å². The normalized spacial score (nSPS) is 25.6. The first-order valence-electron chi connectivity index (χ1n) is 18.1. The lowest BCUT2D eigenvalue weighted by Gasteiger charge is -2.40. The van der Waals surface area contributed by atoms with Crippen molar-refractivity contribution < 1.29 is 51.4 Å². The predicted molar refractivity (Wildman–Crippen MR) is 202 cm³/mol. The van der Waals surface area contributed by atoms with E-state index in [0.717, 1.165) is 0 Å². The van der Waals surface area contributed by atoms with E-state index in [1.54, 1.807) is 19.9 Å². The van der Waals surface area contributed by atoms with Gasteiger partial charge in [0.25, 0.3) is 5.56 Å². The van der Waals surface area contributed by atoms with Crippen molar-refractivity contribution in [3.05, 3.63) is 35.3 Å². The minimum atomic E-state index is -4.72. The summed E-state index contributed by atoms with van der Waals surface area (Å²) >= 11 is 0. The highest BCUT2D eigenvalue weighted by Gasteiger charge is 2.55. The monoisotopic (exact) mass is 839 g/mol. The molecule has 2 fully saturated rings. The Hall–Kier alpha value is -3.54. The molecule has 2 aliphatic rings. The van der Waals surface area contributed by atoms with Crippen LogP contribution in [0.25, 0.3) is 11.2 Å². The van der Waals surface area contributed by atoms with E-state index in [-0.39, 0.29) is 60.5 Å². The maximum absolute atomic E-state index is 14.8. The average molecular weight is 840 g/mol. The van der Waals surface area contributed by atoms with Gasteiger partial charge in [-0.3, -0.25) is 38.0 Å². The SMILES string of the molecule is CC(C)C(=O)Nc1nc2c(ncn2[C@@H]2O[C@H](CO)C(O[Si](C)(C)C(C)(C)C)[C@H]2OP(=O)(OCCC#N)OC[C@H]2C[C@@H](Oc3ccncn3)C[C@@H]2[P+](=O)O)c(=O)[nH]1. The van der Waals surface area contributed by atoms with Crippen LogP contribution in [-0.2, 0) is 36.7 Å². The van der Waals surface area contributed by atoms with Gasteiger partial charge >= 0.3 is 15.9 Å². The van der Waals surface area contributed by atoms with Crippen LogP contribution in [0.4, 0.5) is 5.95 Å². The maximum atomic E-state index is 14.8. The molecule has 1 aliphatic heterocycles. The van der Waals surface area contributed by atoms with Gasteiger partial charge in [-0.05, 0) is 29.1 Å². The van der Waals surface area contributed by atoms with E-state index in [4.69, 9.17) is 27.5 Å². The Morgan fingerprint density at radius 2 is 2.00 bits per heavy atom. The number of amides is 1. The molecule has 20 nitrogen and oxygen atoms in total. The molecule has 4 heterocycles. The largest absolute Gasteiger partial charge is 0.509 e. The van der Waals surface area contributed by atoms with Crippen molar-refractivity contribution in [2.45, 2.75) is 108 Å². The number of rotatable bonds is 17. The van der Waals surface area contributed by atoms with Crippen molar-refractivity contribution in [1.29, 1.82) is 5.26 Å². The number of imidazole rings is 1. The summed E-state index contributed by atoms with van der Waals surface area (Å²) < 4.78 is 65.6. The van der Waals surface area contributed by atoms with Crippen LogP contribution in [0.2, 0.25) is 18.1 Å². The summed E-state index contributed by atoms with van der Waals surface area (Å²) in [6.45, 7) is 12.0. The summed E-state index contributed by atoms with van der Waals surface area (Å²) in [5, 5.41) is 22.1. The lowest BCUT2D eigenvalue weighted by Crippen LogP contribution is -2.50. The van der Waals surface area contributed by atoms with Crippen LogP contribution in [-0.4, -0.2) is 104 Å². The number of nitrogens with one attached hydrogen (secondary N) is 2. The van der Waals surface area contributed by atoms with Crippen LogP contribution in [0.3, 0.4) is 0 Å². The number of phosphoric acid groups is 1. The molecule has 1 saturated carbocycles. The third kappa shape index (κ3) is 10.1. The van der Waals surface area contributed by atoms with E-state index in [0.29, 0.717) is 0 Å². The molecule has 1 saturated heterocycles. The third-order valence-corrected chi connectivity index (χ3v) is 17.2. The van der Waals surface area contributed by atoms with Crippen LogP contribution in [0.1, 0.15) is 60.1 Å². The Balaban J connectivity index is 1.52. The molecule has 9 atom stereocenters. The van der Waals surface area contributed by atoms with E-state index in [9.17, 15) is 34.0 Å². The second-order valence-corrected chi connectivity index (χ2v) is 23.1. The Morgan fingerprint density at radius 3 is 2.62 bits per heavy atom. The maximum Gasteiger partial charge on any atom is 0.509 e. The number of phosphoric ester groups is 1. The van der Waals surface area contributed by atoms with Crippen LogP contribution in [0, 0.1) is 23.2 Å². The van der Waals surface area contributed by atoms with Gasteiger partial charge in [-0.1, -0.05) is 34.6 Å². The van der Waals surface area contributed by atoms with Gasteiger partial charge < -0.3 is 19.0 Å². The lowest BCUT2D eigenvalue weighted by atomic mass is 10.1. The highest BCUT2D eigenvalue weighted by atomic mass is 31.2. The fourth-order valence-electron chi connectivity index (χ4n) is 6.04. The van der Waals surface area contributed by atoms with E-state index >= 15 is 0 Å². The van der Waals surface area contributed by atoms with Crippen molar-refractivity contribution >= 4 is 47.2 Å². The first-order valence-corrected chi connectivity index (χ1v) is 23.8. The van der Waals surface area contributed by atoms with Crippen LogP contribution >= 0.6 is 15.9 Å². The van der Waals surface area contributed by atoms with Gasteiger partial charge in [0.05, 0.1) is 38.6 Å². The molecule has 5 rings (SSSR count). The number of ether oxygens (including phenoxy) is 2. The van der Waals surface area contributed by atoms with Crippen molar-refractivity contribution in [3.63, 3.8) is 0 Å². The van der Waals surface area contributed by atoms with Crippen molar-refractivity contribution in [3.8, 4) is 11.9 Å². The molecular formula is C33H49N8O12P2Si+. The summed E-state index contributed by atoms with van der Waals surface area (Å²) in [6.07, 6.45) is -1.07. The zero-order valence-corrected chi connectivity index (χ0v) is 35.0. The summed E-state index contributed by atoms with van der Waals surface area (Å²) in [7, 11) is -10.1. The lowest BCUT2D eigenvalue weighted by molar-refractivity contribution is -0.118. The van der Waals surface area contributed by atoms with Gasteiger partial charge in [0.1, 0.15) is 30.7 Å². The summed E-state index contributed by atoms with van der Waals surface area (Å²) in [5.41, 5.74) is -1.61. The van der Waals surface area contributed by atoms with E-state index in [1.165, 1.54) is 23.4 Å². The van der Waals surface area contributed by atoms with Crippen LogP contribution in [0.5, 0.6) is 5.88 Å². The van der Waals surface area contributed by atoms with E-state index < -0.39 is 90.4 Å². The highest BCUT2D eigenvalue weighted by molar-refractivity contribution is 7.48. The summed E-state index contributed by atoms with van der Waals surface area (Å²) in [5.74, 6) is -1.35. The topological polar surface area (TPSA) is 272 Å². The molecule has 56 heavy (non-hydrogen) atoms. The summed E-state index contributed by atoms with van der Waals surface area (Å²) in [6, 6.07) is 3.48. The zero-order valence-electron chi connectivity index (χ0n) is 32.2. The zero-order chi connectivity index (χ0) is 41.0. The van der Waals surface area contributed by atoms with Crippen LogP contribution < -0.4 is 15.6 Å². The standard InChI is InChI=1S/C33H48N8O12P2Si/c1-19(2)29(43)39-32-38-28-25(30(44)40-32)37-18-41(28)31-27(26(22(15-42)51-31)53-56(6,7)33(3,4)5)52-55(47,48-12-8-10-34)49-16-20-13-21(14-23(20)54(45)46)50-24-9-11-35-17-36-24/h9,11,17-23,26-27,31,42H,8,12-16H2,1-7H3,(H2-,38,39,40,43,44,45,46)/p+1/t20-,21-,22-,23+,26?,27-,31-,55?/m1/s1. The highest BCUT2D eigenvalue weighted by Crippen LogP contribution is 2.56. The Labute approximate surface area is 325 Å². The fraction of sp³-hybridized carbons (Fsp3) is 0.667. The minimum Gasteiger partial charge on any atom is -0.474 e. The predicted octanol–water partition coefficient (Wildman–Crippen LogP) is 4.19. The second-order valence-electron chi connectivity index (χ2n) is 15.4. The Morgan fingerprint density at radius 1 is 1.25 bits per heavy atom. The Kier molecular flexibility index (Phi) is 14.0. The molecule has 0 aromatic carbocycles. The Bertz CT molecular complexity index is 2010. The number of aliphatic hydroxyl groups is 1. The van der Waals surface area contributed by atoms with Gasteiger partial charge in [0.15, 0.2) is 31.4 Å². The molecule has 3 aromatic rings. The smallest absolute Gasteiger partial charge is 0.474 e. The molecule has 4 N–H and O–H groups in total. The molecular weight excluding hydrogens is 790 g/mol. The van der Waals surface area contributed by atoms with Gasteiger partial charge in [-0.25, -0.2) is 19.5 Å². The van der Waals surface area contributed by atoms with Gasteiger partial charge in [0, 0.05) is 30.5 Å². The number of hydrogen-bond donors (Lipinski definition) is 4.